The molecule has 1 amide bonds. The molecule has 0 spiro atoms. The molecule has 0 aliphatic heterocycles. The number of hydrogen-bond donors (Lipinski definition) is 1. The highest BCUT2D eigenvalue weighted by Crippen LogP contribution is 2.24. The Bertz CT molecular complexity index is 351. The van der Waals surface area contributed by atoms with Crippen LogP contribution in [-0.4, -0.2) is 5.91 Å². The minimum absolute atomic E-state index is 0.207. The Morgan fingerprint density at radius 1 is 1.62 bits per heavy atom. The Labute approximate surface area is 98.7 Å². The van der Waals surface area contributed by atoms with Crippen LogP contribution in [-0.2, 0) is 4.79 Å². The van der Waals surface area contributed by atoms with Crippen LogP contribution in [0.1, 0.15) is 0 Å². The molecular weight excluding hydrogens is 345 g/mol. The number of benzene rings is 1. The molecule has 1 N–H and O–H groups in total. The van der Waals surface area contributed by atoms with Crippen molar-refractivity contribution in [3.8, 4) is 0 Å². The van der Waals surface area contributed by atoms with Gasteiger partial charge in [-0.2, -0.15) is 0 Å². The summed E-state index contributed by atoms with van der Waals surface area (Å²) in [6.45, 7) is 3.38. The lowest BCUT2D eigenvalue weighted by Crippen LogP contribution is -2.07. The van der Waals surface area contributed by atoms with Crippen LogP contribution in [0.2, 0.25) is 0 Å². The average molecular weight is 352 g/mol. The number of hydrogen-bond acceptors (Lipinski definition) is 1. The van der Waals surface area contributed by atoms with Crippen molar-refractivity contribution >= 4 is 50.1 Å². The second-order valence-corrected chi connectivity index (χ2v) is 4.42. The zero-order chi connectivity index (χ0) is 9.84. The van der Waals surface area contributed by atoms with Gasteiger partial charge in [0, 0.05) is 8.04 Å². The predicted molar refractivity (Wildman–Crippen MR) is 65.7 cm³/mol. The lowest BCUT2D eigenvalue weighted by Gasteiger charge is -2.04. The summed E-state index contributed by atoms with van der Waals surface area (Å²) in [6, 6.07) is 5.69. The molecule has 68 valence electrons. The van der Waals surface area contributed by atoms with Crippen LogP contribution in [0.25, 0.3) is 0 Å². The van der Waals surface area contributed by atoms with Crippen molar-refractivity contribution in [1.29, 1.82) is 0 Å². The van der Waals surface area contributed by atoms with E-state index >= 15 is 0 Å². The van der Waals surface area contributed by atoms with Gasteiger partial charge in [0.05, 0.1) is 5.69 Å². The van der Waals surface area contributed by atoms with Crippen molar-refractivity contribution in [3.05, 3.63) is 38.9 Å². The van der Waals surface area contributed by atoms with Crippen LogP contribution < -0.4 is 5.32 Å². The van der Waals surface area contributed by atoms with Crippen molar-refractivity contribution in [3.63, 3.8) is 0 Å². The van der Waals surface area contributed by atoms with Crippen LogP contribution in [0.5, 0.6) is 0 Å². The van der Waals surface area contributed by atoms with Crippen LogP contribution in [0, 0.1) is 3.57 Å². The van der Waals surface area contributed by atoms with Gasteiger partial charge in [-0.15, -0.1) is 0 Å². The van der Waals surface area contributed by atoms with E-state index in [0.29, 0.717) is 0 Å². The smallest absolute Gasteiger partial charge is 0.247 e. The lowest BCUT2D eigenvalue weighted by molar-refractivity contribution is -0.111. The third-order valence-electron chi connectivity index (χ3n) is 1.37. The van der Waals surface area contributed by atoms with Gasteiger partial charge in [0.25, 0.3) is 0 Å². The third kappa shape index (κ3) is 3.11. The largest absolute Gasteiger partial charge is 0.321 e. The van der Waals surface area contributed by atoms with Gasteiger partial charge >= 0.3 is 0 Å². The minimum atomic E-state index is -0.207. The van der Waals surface area contributed by atoms with Crippen LogP contribution in [0.15, 0.2) is 35.3 Å². The molecule has 0 aliphatic carbocycles. The standard InChI is InChI=1S/C9H7BrINO/c1-2-9(13)12-8-4-3-6(11)5-7(8)10/h2-5H,1H2,(H,12,13). The Balaban J connectivity index is 2.89. The van der Waals surface area contributed by atoms with Gasteiger partial charge in [-0.05, 0) is 62.8 Å². The molecule has 1 rings (SSSR count). The molecule has 0 heterocycles. The number of amides is 1. The highest BCUT2D eigenvalue weighted by Gasteiger charge is 2.01. The van der Waals surface area contributed by atoms with E-state index in [1.165, 1.54) is 6.08 Å². The van der Waals surface area contributed by atoms with Gasteiger partial charge in [0.1, 0.15) is 0 Å². The van der Waals surface area contributed by atoms with E-state index in [0.717, 1.165) is 13.7 Å². The molecule has 2 nitrogen and oxygen atoms in total. The highest BCUT2D eigenvalue weighted by molar-refractivity contribution is 14.1. The number of anilines is 1. The summed E-state index contributed by atoms with van der Waals surface area (Å²) in [4.78, 5) is 11.0. The van der Waals surface area contributed by atoms with Crippen molar-refractivity contribution < 1.29 is 4.79 Å². The molecule has 0 aromatic heterocycles. The van der Waals surface area contributed by atoms with Gasteiger partial charge in [0.15, 0.2) is 0 Å². The van der Waals surface area contributed by atoms with Crippen LogP contribution in [0.4, 0.5) is 5.69 Å². The van der Waals surface area contributed by atoms with Gasteiger partial charge < -0.3 is 5.32 Å². The molecule has 0 aliphatic rings. The first-order chi connectivity index (χ1) is 6.13. The predicted octanol–water partition coefficient (Wildman–Crippen LogP) is 3.18. The van der Waals surface area contributed by atoms with E-state index in [9.17, 15) is 4.79 Å². The highest BCUT2D eigenvalue weighted by atomic mass is 127. The second kappa shape index (κ2) is 4.76. The summed E-state index contributed by atoms with van der Waals surface area (Å²) in [5, 5.41) is 2.68. The summed E-state index contributed by atoms with van der Waals surface area (Å²) in [7, 11) is 0. The normalized spacial score (nSPS) is 9.38. The maximum atomic E-state index is 11.0. The SMILES string of the molecule is C=CC(=O)Nc1ccc(I)cc1Br. The monoisotopic (exact) mass is 351 g/mol. The Kier molecular flexibility index (Phi) is 3.92. The molecule has 13 heavy (non-hydrogen) atoms. The number of nitrogens with one attached hydrogen (secondary N) is 1. The molecule has 0 atom stereocenters. The molecule has 0 bridgehead atoms. The third-order valence-corrected chi connectivity index (χ3v) is 2.70. The van der Waals surface area contributed by atoms with Crippen LogP contribution in [0.3, 0.4) is 0 Å². The van der Waals surface area contributed by atoms with Gasteiger partial charge in [-0.1, -0.05) is 6.58 Å². The quantitative estimate of drug-likeness (QED) is 0.643. The lowest BCUT2D eigenvalue weighted by atomic mass is 10.3. The molecular formula is C9H7BrINO. The van der Waals surface area contributed by atoms with E-state index in [-0.39, 0.29) is 5.91 Å². The van der Waals surface area contributed by atoms with Crippen molar-refractivity contribution in [2.75, 3.05) is 5.32 Å². The van der Waals surface area contributed by atoms with E-state index in [2.05, 4.69) is 50.4 Å². The van der Waals surface area contributed by atoms with Crippen molar-refractivity contribution in [2.45, 2.75) is 0 Å². The van der Waals surface area contributed by atoms with Crippen molar-refractivity contribution in [1.82, 2.24) is 0 Å². The van der Waals surface area contributed by atoms with E-state index in [1.807, 2.05) is 18.2 Å². The van der Waals surface area contributed by atoms with Crippen LogP contribution >= 0.6 is 38.5 Å². The molecule has 1 aromatic rings. The fourth-order valence-electron chi connectivity index (χ4n) is 0.775. The van der Waals surface area contributed by atoms with E-state index < -0.39 is 0 Å². The molecule has 0 saturated carbocycles. The minimum Gasteiger partial charge on any atom is -0.321 e. The summed E-state index contributed by atoms with van der Waals surface area (Å²) >= 11 is 5.55. The maximum absolute atomic E-state index is 11.0. The fourth-order valence-corrected chi connectivity index (χ4v) is 2.17. The molecule has 1 aromatic carbocycles. The Morgan fingerprint density at radius 2 is 2.31 bits per heavy atom. The van der Waals surface area contributed by atoms with Gasteiger partial charge in [-0.3, -0.25) is 4.79 Å². The summed E-state index contributed by atoms with van der Waals surface area (Å²) in [5.41, 5.74) is 0.755. The average Bonchev–Trinajstić information content (AvgIpc) is 2.09. The van der Waals surface area contributed by atoms with Gasteiger partial charge in [0.2, 0.25) is 5.91 Å². The molecule has 0 saturated heterocycles. The molecule has 0 radical (unpaired) electrons. The zero-order valence-electron chi connectivity index (χ0n) is 6.68. The molecule has 0 fully saturated rings. The summed E-state index contributed by atoms with van der Waals surface area (Å²) in [5.74, 6) is -0.207. The first-order valence-corrected chi connectivity index (χ1v) is 5.39. The second-order valence-electron chi connectivity index (χ2n) is 2.32. The topological polar surface area (TPSA) is 29.1 Å². The Morgan fingerprint density at radius 3 is 2.85 bits per heavy atom. The van der Waals surface area contributed by atoms with Gasteiger partial charge in [-0.25, -0.2) is 0 Å². The first kappa shape index (κ1) is 10.7. The molecule has 0 unspecified atom stereocenters. The van der Waals surface area contributed by atoms with E-state index in [4.69, 9.17) is 0 Å². The summed E-state index contributed by atoms with van der Waals surface area (Å²) in [6.07, 6.45) is 1.24. The maximum Gasteiger partial charge on any atom is 0.247 e. The fraction of sp³-hybridized carbons (Fsp3) is 0. The zero-order valence-corrected chi connectivity index (χ0v) is 10.4. The number of carbonyl (C=O) groups is 1. The van der Waals surface area contributed by atoms with Crippen molar-refractivity contribution in [2.24, 2.45) is 0 Å². The number of carbonyl (C=O) groups excluding carboxylic acids is 1. The first-order valence-electron chi connectivity index (χ1n) is 3.52. The number of rotatable bonds is 2. The Hall–Kier alpha value is -0.360. The number of halogens is 2. The summed E-state index contributed by atoms with van der Waals surface area (Å²) < 4.78 is 1.98. The molecule has 4 heteroatoms. The van der Waals surface area contributed by atoms with E-state index in [1.54, 1.807) is 0 Å².